The van der Waals surface area contributed by atoms with Crippen molar-refractivity contribution >= 4 is 43.7 Å². The summed E-state index contributed by atoms with van der Waals surface area (Å²) in [5, 5.41) is 8.93. The third kappa shape index (κ3) is 4.76. The average Bonchev–Trinajstić information content (AvgIpc) is 2.35. The third-order valence-corrected chi connectivity index (χ3v) is 6.12. The molecule has 8 heteroatoms. The van der Waals surface area contributed by atoms with Crippen molar-refractivity contribution in [3.8, 4) is 0 Å². The molecule has 0 bridgehead atoms. The molecule has 0 spiro atoms. The zero-order valence-corrected chi connectivity index (χ0v) is 14.3. The fraction of sp³-hybridized carbons (Fsp3) is 0.417. The van der Waals surface area contributed by atoms with E-state index in [1.807, 2.05) is 6.92 Å². The van der Waals surface area contributed by atoms with E-state index in [2.05, 4.69) is 20.7 Å². The van der Waals surface area contributed by atoms with E-state index < -0.39 is 16.0 Å². The minimum absolute atomic E-state index is 0.0641. The van der Waals surface area contributed by atoms with Gasteiger partial charge in [-0.3, -0.25) is 0 Å². The number of aromatic carboxylic acids is 1. The van der Waals surface area contributed by atoms with Gasteiger partial charge in [0.25, 0.3) is 0 Å². The molecule has 0 aliphatic rings. The molecule has 0 saturated heterocycles. The lowest BCUT2D eigenvalue weighted by Crippen LogP contribution is -2.34. The molecule has 1 aromatic rings. The molecule has 0 radical (unpaired) electrons. The first-order valence-electron chi connectivity index (χ1n) is 5.91. The molecular weight excluding hydrogens is 366 g/mol. The molecule has 0 fully saturated rings. The second kappa shape index (κ2) is 7.44. The van der Waals surface area contributed by atoms with E-state index in [-0.39, 0.29) is 16.5 Å². The third-order valence-electron chi connectivity index (χ3n) is 2.40. The first-order valence-corrected chi connectivity index (χ1v) is 9.34. The highest BCUT2D eigenvalue weighted by Gasteiger charge is 2.21. The van der Waals surface area contributed by atoms with Crippen LogP contribution in [0.4, 0.5) is 0 Å². The number of benzene rings is 1. The Bertz CT molecular complexity index is 589. The molecular formula is C12H16BrNO4S2. The molecule has 1 atom stereocenters. The van der Waals surface area contributed by atoms with Crippen molar-refractivity contribution < 1.29 is 18.3 Å². The summed E-state index contributed by atoms with van der Waals surface area (Å²) in [7, 11) is -3.75. The highest BCUT2D eigenvalue weighted by Crippen LogP contribution is 2.23. The van der Waals surface area contributed by atoms with E-state index >= 15 is 0 Å². The summed E-state index contributed by atoms with van der Waals surface area (Å²) in [6, 6.07) is 3.69. The second-order valence-corrected chi connectivity index (χ2v) is 7.99. The Hall–Kier alpha value is -0.570. The molecule has 0 amide bonds. The number of sulfonamides is 1. The number of thioether (sulfide) groups is 1. The Morgan fingerprint density at radius 2 is 2.15 bits per heavy atom. The number of carboxylic acids is 1. The van der Waals surface area contributed by atoms with Gasteiger partial charge in [0.05, 0.1) is 10.5 Å². The second-order valence-electron chi connectivity index (χ2n) is 4.13. The minimum atomic E-state index is -3.75. The van der Waals surface area contributed by atoms with Crippen LogP contribution in [0, 0.1) is 0 Å². The molecule has 5 nitrogen and oxygen atoms in total. The van der Waals surface area contributed by atoms with Gasteiger partial charge in [-0.15, -0.1) is 0 Å². The first-order chi connectivity index (χ1) is 9.27. The molecule has 1 aromatic carbocycles. The van der Waals surface area contributed by atoms with Crippen LogP contribution in [0.25, 0.3) is 0 Å². The summed E-state index contributed by atoms with van der Waals surface area (Å²) in [6.07, 6.45) is 0. The molecule has 0 aliphatic heterocycles. The summed E-state index contributed by atoms with van der Waals surface area (Å²) >= 11 is 4.77. The largest absolute Gasteiger partial charge is 0.478 e. The summed E-state index contributed by atoms with van der Waals surface area (Å²) < 4.78 is 27.4. The molecule has 20 heavy (non-hydrogen) atoms. The highest BCUT2D eigenvalue weighted by atomic mass is 79.9. The van der Waals surface area contributed by atoms with E-state index in [1.165, 1.54) is 12.1 Å². The lowest BCUT2D eigenvalue weighted by atomic mass is 10.2. The van der Waals surface area contributed by atoms with Crippen LogP contribution in [-0.4, -0.2) is 37.0 Å². The van der Waals surface area contributed by atoms with Gasteiger partial charge in [-0.25, -0.2) is 17.9 Å². The van der Waals surface area contributed by atoms with Gasteiger partial charge in [-0.2, -0.15) is 11.8 Å². The Labute approximate surface area is 131 Å². The maximum Gasteiger partial charge on any atom is 0.335 e. The van der Waals surface area contributed by atoms with Gasteiger partial charge < -0.3 is 5.11 Å². The fourth-order valence-electron chi connectivity index (χ4n) is 1.50. The highest BCUT2D eigenvalue weighted by molar-refractivity contribution is 9.10. The van der Waals surface area contributed by atoms with Gasteiger partial charge in [0.2, 0.25) is 10.0 Å². The van der Waals surface area contributed by atoms with Crippen LogP contribution in [-0.2, 0) is 10.0 Å². The van der Waals surface area contributed by atoms with E-state index in [9.17, 15) is 13.2 Å². The topological polar surface area (TPSA) is 83.5 Å². The summed E-state index contributed by atoms with van der Waals surface area (Å²) in [4.78, 5) is 10.9. The van der Waals surface area contributed by atoms with Crippen LogP contribution in [0.1, 0.15) is 24.2 Å². The number of rotatable bonds is 7. The van der Waals surface area contributed by atoms with Crippen LogP contribution in [0.15, 0.2) is 27.6 Å². The van der Waals surface area contributed by atoms with E-state index in [4.69, 9.17) is 5.11 Å². The first kappa shape index (κ1) is 17.5. The van der Waals surface area contributed by atoms with Crippen LogP contribution >= 0.6 is 27.7 Å². The van der Waals surface area contributed by atoms with Gasteiger partial charge in [0.1, 0.15) is 0 Å². The van der Waals surface area contributed by atoms with Crippen molar-refractivity contribution in [1.82, 2.24) is 4.72 Å². The van der Waals surface area contributed by atoms with Crippen molar-refractivity contribution in [2.75, 3.05) is 11.5 Å². The number of hydrogen-bond donors (Lipinski definition) is 2. The number of hydrogen-bond acceptors (Lipinski definition) is 4. The van der Waals surface area contributed by atoms with Crippen LogP contribution in [0.5, 0.6) is 0 Å². The van der Waals surface area contributed by atoms with Crippen molar-refractivity contribution in [1.29, 1.82) is 0 Å². The normalized spacial score (nSPS) is 13.2. The number of halogens is 1. The zero-order chi connectivity index (χ0) is 15.3. The van der Waals surface area contributed by atoms with Crippen molar-refractivity contribution in [2.24, 2.45) is 0 Å². The molecule has 2 N–H and O–H groups in total. The van der Waals surface area contributed by atoms with Gasteiger partial charge in [-0.05, 0) is 46.8 Å². The Balaban J connectivity index is 3.03. The molecule has 1 rings (SSSR count). The summed E-state index contributed by atoms with van der Waals surface area (Å²) in [5.74, 6) is 0.402. The molecule has 0 aliphatic carbocycles. The average molecular weight is 382 g/mol. The monoisotopic (exact) mass is 381 g/mol. The molecule has 0 saturated carbocycles. The smallest absolute Gasteiger partial charge is 0.335 e. The van der Waals surface area contributed by atoms with Gasteiger partial charge in [0, 0.05) is 16.3 Å². The Morgan fingerprint density at radius 1 is 1.50 bits per heavy atom. The maximum atomic E-state index is 12.3. The number of carboxylic acid groups (broad SMARTS) is 1. The molecule has 112 valence electrons. The predicted octanol–water partition coefficient (Wildman–Crippen LogP) is 2.57. The van der Waals surface area contributed by atoms with Gasteiger partial charge in [0.15, 0.2) is 0 Å². The number of nitrogens with one attached hydrogen (secondary N) is 1. The SMILES string of the molecule is CCSCC(C)NS(=O)(=O)c1cc(C(=O)O)ccc1Br. The van der Waals surface area contributed by atoms with Crippen LogP contribution in [0.2, 0.25) is 0 Å². The van der Waals surface area contributed by atoms with Crippen molar-refractivity contribution in [2.45, 2.75) is 24.8 Å². The van der Waals surface area contributed by atoms with Gasteiger partial charge in [-0.1, -0.05) is 6.92 Å². The predicted molar refractivity (Wildman–Crippen MR) is 83.9 cm³/mol. The fourth-order valence-corrected chi connectivity index (χ4v) is 4.51. The Morgan fingerprint density at radius 3 is 2.70 bits per heavy atom. The number of carbonyl (C=O) groups is 1. The summed E-state index contributed by atoms with van der Waals surface area (Å²) in [6.45, 7) is 3.77. The van der Waals surface area contributed by atoms with Gasteiger partial charge >= 0.3 is 5.97 Å². The minimum Gasteiger partial charge on any atom is -0.478 e. The lowest BCUT2D eigenvalue weighted by Gasteiger charge is -2.14. The molecule has 0 aromatic heterocycles. The Kier molecular flexibility index (Phi) is 6.50. The van der Waals surface area contributed by atoms with Crippen molar-refractivity contribution in [3.63, 3.8) is 0 Å². The van der Waals surface area contributed by atoms with Crippen LogP contribution in [0.3, 0.4) is 0 Å². The molecule has 0 heterocycles. The quantitative estimate of drug-likeness (QED) is 0.757. The van der Waals surface area contributed by atoms with Crippen LogP contribution < -0.4 is 4.72 Å². The molecule has 1 unspecified atom stereocenters. The lowest BCUT2D eigenvalue weighted by molar-refractivity contribution is 0.0696. The standard InChI is InChI=1S/C12H16BrNO4S2/c1-3-19-7-8(2)14-20(17,18)11-6-9(12(15)16)4-5-10(11)13/h4-6,8,14H,3,7H2,1-2H3,(H,15,16). The van der Waals surface area contributed by atoms with E-state index in [0.29, 0.717) is 10.2 Å². The zero-order valence-electron chi connectivity index (χ0n) is 11.1. The van der Waals surface area contributed by atoms with Crippen molar-refractivity contribution in [3.05, 3.63) is 28.2 Å². The van der Waals surface area contributed by atoms with E-state index in [1.54, 1.807) is 18.7 Å². The summed E-state index contributed by atoms with van der Waals surface area (Å²) in [5.41, 5.74) is -0.0656. The van der Waals surface area contributed by atoms with E-state index in [0.717, 1.165) is 11.8 Å². The maximum absolute atomic E-state index is 12.3.